The third kappa shape index (κ3) is 2.30. The summed E-state index contributed by atoms with van der Waals surface area (Å²) in [4.78, 5) is 0. The van der Waals surface area contributed by atoms with E-state index in [0.717, 1.165) is 18.4 Å². The Morgan fingerprint density at radius 3 is 2.79 bits per heavy atom. The van der Waals surface area contributed by atoms with Gasteiger partial charge in [0.1, 0.15) is 0 Å². The molecule has 0 fully saturated rings. The topological polar surface area (TPSA) is 55.5 Å². The maximum atomic E-state index is 9.59. The molecule has 0 spiro atoms. The fourth-order valence-electron chi connectivity index (χ4n) is 1.31. The van der Waals surface area contributed by atoms with Crippen molar-refractivity contribution in [3.8, 4) is 11.5 Å². The number of rotatable bonds is 4. The summed E-state index contributed by atoms with van der Waals surface area (Å²) in [5.74, 6) is 0.453. The van der Waals surface area contributed by atoms with Gasteiger partial charge in [-0.05, 0) is 31.0 Å². The molecule has 0 aliphatic heterocycles. The molecule has 1 aromatic carbocycles. The number of ether oxygens (including phenoxy) is 1. The largest absolute Gasteiger partial charge is 0.503 e. The molecule has 3 N–H and O–H groups in total. The van der Waals surface area contributed by atoms with Crippen LogP contribution in [0.2, 0.25) is 5.02 Å². The third-order valence-electron chi connectivity index (χ3n) is 2.02. The van der Waals surface area contributed by atoms with Crippen LogP contribution in [0.5, 0.6) is 11.5 Å². The lowest BCUT2D eigenvalue weighted by Gasteiger charge is -2.10. The highest BCUT2D eigenvalue weighted by Crippen LogP contribution is 2.37. The summed E-state index contributed by atoms with van der Waals surface area (Å²) in [5, 5.41) is 9.89. The molecule has 1 aromatic rings. The van der Waals surface area contributed by atoms with Gasteiger partial charge < -0.3 is 15.6 Å². The van der Waals surface area contributed by atoms with E-state index in [0.29, 0.717) is 17.3 Å². The number of aromatic hydroxyl groups is 1. The fraction of sp³-hybridized carbons (Fsp3) is 0.400. The molecule has 0 saturated carbocycles. The Labute approximate surface area is 88.4 Å². The smallest absolute Gasteiger partial charge is 0.177 e. The van der Waals surface area contributed by atoms with Gasteiger partial charge in [0.25, 0.3) is 0 Å². The number of aryl methyl sites for hydroxylation is 1. The van der Waals surface area contributed by atoms with Crippen LogP contribution in [0.4, 0.5) is 0 Å². The van der Waals surface area contributed by atoms with Crippen molar-refractivity contribution in [2.45, 2.75) is 12.8 Å². The molecule has 0 unspecified atom stereocenters. The molecule has 14 heavy (non-hydrogen) atoms. The Kier molecular flexibility index (Phi) is 4.04. The molecule has 78 valence electrons. The molecule has 0 radical (unpaired) electrons. The molecule has 0 aliphatic rings. The number of hydrogen-bond acceptors (Lipinski definition) is 3. The van der Waals surface area contributed by atoms with Crippen molar-refractivity contribution in [3.63, 3.8) is 0 Å². The summed E-state index contributed by atoms with van der Waals surface area (Å²) < 4.78 is 5.08. The van der Waals surface area contributed by atoms with Gasteiger partial charge in [0.2, 0.25) is 0 Å². The number of methoxy groups -OCH3 is 1. The van der Waals surface area contributed by atoms with Crippen LogP contribution < -0.4 is 10.5 Å². The fourth-order valence-corrected chi connectivity index (χ4v) is 1.45. The van der Waals surface area contributed by atoms with E-state index in [1.807, 2.05) is 6.07 Å². The molecule has 0 aliphatic carbocycles. The van der Waals surface area contributed by atoms with Crippen molar-refractivity contribution in [1.29, 1.82) is 0 Å². The minimum atomic E-state index is 0.00341. The number of halogens is 1. The number of nitrogens with two attached hydrogens (primary N) is 1. The molecule has 0 amide bonds. The average molecular weight is 216 g/mol. The Bertz CT molecular complexity index is 315. The summed E-state index contributed by atoms with van der Waals surface area (Å²) in [5.41, 5.74) is 6.34. The highest BCUT2D eigenvalue weighted by Gasteiger charge is 2.11. The summed E-state index contributed by atoms with van der Waals surface area (Å²) >= 11 is 5.74. The van der Waals surface area contributed by atoms with E-state index >= 15 is 0 Å². The second kappa shape index (κ2) is 5.08. The van der Waals surface area contributed by atoms with E-state index in [2.05, 4.69) is 0 Å². The lowest BCUT2D eigenvalue weighted by atomic mass is 10.1. The highest BCUT2D eigenvalue weighted by atomic mass is 35.5. The third-order valence-corrected chi connectivity index (χ3v) is 2.32. The van der Waals surface area contributed by atoms with Crippen LogP contribution in [0.25, 0.3) is 0 Å². The molecular weight excluding hydrogens is 202 g/mol. The second-order valence-corrected chi connectivity index (χ2v) is 3.39. The lowest BCUT2D eigenvalue weighted by Crippen LogP contribution is -2.01. The van der Waals surface area contributed by atoms with Gasteiger partial charge in [0, 0.05) is 0 Å². The maximum absolute atomic E-state index is 9.59. The predicted molar refractivity (Wildman–Crippen MR) is 57.0 cm³/mol. The van der Waals surface area contributed by atoms with Crippen LogP contribution in [0.1, 0.15) is 12.0 Å². The van der Waals surface area contributed by atoms with Crippen molar-refractivity contribution < 1.29 is 9.84 Å². The zero-order valence-electron chi connectivity index (χ0n) is 8.09. The summed E-state index contributed by atoms with van der Waals surface area (Å²) in [7, 11) is 1.51. The average Bonchev–Trinajstić information content (AvgIpc) is 2.20. The Morgan fingerprint density at radius 1 is 1.50 bits per heavy atom. The van der Waals surface area contributed by atoms with Gasteiger partial charge in [-0.1, -0.05) is 17.7 Å². The van der Waals surface area contributed by atoms with Crippen molar-refractivity contribution in [2.75, 3.05) is 13.7 Å². The van der Waals surface area contributed by atoms with Crippen LogP contribution in [0.15, 0.2) is 12.1 Å². The van der Waals surface area contributed by atoms with Gasteiger partial charge in [0.15, 0.2) is 11.5 Å². The van der Waals surface area contributed by atoms with Gasteiger partial charge in [-0.15, -0.1) is 0 Å². The molecule has 0 aromatic heterocycles. The molecule has 4 heteroatoms. The van der Waals surface area contributed by atoms with E-state index in [1.54, 1.807) is 6.07 Å². The van der Waals surface area contributed by atoms with Crippen molar-refractivity contribution in [1.82, 2.24) is 0 Å². The summed E-state index contributed by atoms with van der Waals surface area (Å²) in [6, 6.07) is 3.50. The maximum Gasteiger partial charge on any atom is 0.177 e. The molecule has 0 heterocycles. The molecule has 0 atom stereocenters. The van der Waals surface area contributed by atoms with Gasteiger partial charge in [0.05, 0.1) is 12.1 Å². The van der Waals surface area contributed by atoms with Gasteiger partial charge in [-0.2, -0.15) is 0 Å². The molecule has 0 bridgehead atoms. The minimum Gasteiger partial charge on any atom is -0.503 e. The number of phenols is 1. The van der Waals surface area contributed by atoms with Crippen molar-refractivity contribution >= 4 is 11.6 Å². The first-order valence-corrected chi connectivity index (χ1v) is 4.83. The normalized spacial score (nSPS) is 10.2. The lowest BCUT2D eigenvalue weighted by molar-refractivity contribution is 0.369. The van der Waals surface area contributed by atoms with Crippen molar-refractivity contribution in [2.24, 2.45) is 5.73 Å². The first kappa shape index (κ1) is 11.1. The first-order valence-electron chi connectivity index (χ1n) is 4.45. The number of hydrogen-bond donors (Lipinski definition) is 2. The van der Waals surface area contributed by atoms with E-state index in [9.17, 15) is 5.11 Å². The Balaban J connectivity index is 2.98. The highest BCUT2D eigenvalue weighted by molar-refractivity contribution is 6.32. The Hall–Kier alpha value is -0.930. The second-order valence-electron chi connectivity index (χ2n) is 2.98. The molecule has 0 saturated heterocycles. The predicted octanol–water partition coefficient (Wildman–Crippen LogP) is 1.95. The molecular formula is C10H14ClNO2. The SMILES string of the molecule is COc1c(CCCN)ccc(Cl)c1O. The van der Waals surface area contributed by atoms with Gasteiger partial charge >= 0.3 is 0 Å². The van der Waals surface area contributed by atoms with E-state index < -0.39 is 0 Å². The van der Waals surface area contributed by atoms with E-state index in [1.165, 1.54) is 7.11 Å². The number of benzene rings is 1. The summed E-state index contributed by atoms with van der Waals surface area (Å²) in [6.07, 6.45) is 1.64. The van der Waals surface area contributed by atoms with Gasteiger partial charge in [-0.3, -0.25) is 0 Å². The zero-order chi connectivity index (χ0) is 10.6. The standard InChI is InChI=1S/C10H14ClNO2/c1-14-10-7(3-2-6-12)4-5-8(11)9(10)13/h4-5,13H,2-3,6,12H2,1H3. The zero-order valence-corrected chi connectivity index (χ0v) is 8.84. The quantitative estimate of drug-likeness (QED) is 0.807. The van der Waals surface area contributed by atoms with Crippen molar-refractivity contribution in [3.05, 3.63) is 22.7 Å². The van der Waals surface area contributed by atoms with E-state index in [4.69, 9.17) is 22.1 Å². The van der Waals surface area contributed by atoms with Crippen LogP contribution in [-0.4, -0.2) is 18.8 Å². The number of phenolic OH excluding ortho intramolecular Hbond substituents is 1. The Morgan fingerprint density at radius 2 is 2.21 bits per heavy atom. The van der Waals surface area contributed by atoms with Crippen LogP contribution >= 0.6 is 11.6 Å². The first-order chi connectivity index (χ1) is 6.70. The molecule has 3 nitrogen and oxygen atoms in total. The summed E-state index contributed by atoms with van der Waals surface area (Å²) in [6.45, 7) is 0.618. The van der Waals surface area contributed by atoms with Gasteiger partial charge in [-0.25, -0.2) is 0 Å². The minimum absolute atomic E-state index is 0.00341. The van der Waals surface area contributed by atoms with Crippen LogP contribution in [0, 0.1) is 0 Å². The monoisotopic (exact) mass is 215 g/mol. The molecule has 1 rings (SSSR count). The van der Waals surface area contributed by atoms with Crippen LogP contribution in [-0.2, 0) is 6.42 Å². The van der Waals surface area contributed by atoms with E-state index in [-0.39, 0.29) is 5.75 Å². The van der Waals surface area contributed by atoms with Crippen LogP contribution in [0.3, 0.4) is 0 Å².